The number of hydrogen-bond donors (Lipinski definition) is 0. The van der Waals surface area contributed by atoms with Gasteiger partial charge in [-0.15, -0.1) is 0 Å². The maximum absolute atomic E-state index is 5.38. The van der Waals surface area contributed by atoms with Crippen molar-refractivity contribution in [2.75, 3.05) is 6.54 Å². The van der Waals surface area contributed by atoms with Crippen molar-refractivity contribution in [3.63, 3.8) is 0 Å². The Labute approximate surface area is 68.7 Å². The second kappa shape index (κ2) is 3.86. The maximum Gasteiger partial charge on any atom is 0.119 e. The lowest BCUT2D eigenvalue weighted by Crippen LogP contribution is -2.03. The van der Waals surface area contributed by atoms with E-state index in [4.69, 9.17) is 4.74 Å². The molecule has 0 aromatic carbocycles. The van der Waals surface area contributed by atoms with Crippen molar-refractivity contribution in [1.82, 2.24) is 0 Å². The number of hydrogen-bond acceptors (Lipinski definition) is 2. The van der Waals surface area contributed by atoms with Crippen molar-refractivity contribution in [2.45, 2.75) is 39.4 Å². The minimum atomic E-state index is 0.321. The van der Waals surface area contributed by atoms with Gasteiger partial charge in [0.2, 0.25) is 0 Å². The van der Waals surface area contributed by atoms with Gasteiger partial charge in [-0.25, -0.2) is 0 Å². The van der Waals surface area contributed by atoms with Crippen LogP contribution in [0.2, 0.25) is 0 Å². The van der Waals surface area contributed by atoms with Crippen LogP contribution in [0, 0.1) is 5.92 Å². The molecule has 0 saturated carbocycles. The molecule has 11 heavy (non-hydrogen) atoms. The highest BCUT2D eigenvalue weighted by molar-refractivity contribution is 5.67. The second-order valence-electron chi connectivity index (χ2n) is 3.36. The van der Waals surface area contributed by atoms with Gasteiger partial charge >= 0.3 is 0 Å². The maximum atomic E-state index is 5.38. The summed E-state index contributed by atoms with van der Waals surface area (Å²) < 4.78 is 5.38. The minimum Gasteiger partial charge on any atom is -0.363 e. The molecule has 0 bridgehead atoms. The van der Waals surface area contributed by atoms with E-state index in [-0.39, 0.29) is 0 Å². The predicted molar refractivity (Wildman–Crippen MR) is 47.1 cm³/mol. The van der Waals surface area contributed by atoms with Crippen molar-refractivity contribution >= 4 is 6.21 Å². The van der Waals surface area contributed by atoms with Gasteiger partial charge in [-0.3, -0.25) is 4.99 Å². The Morgan fingerprint density at radius 3 is 2.73 bits per heavy atom. The molecule has 1 aliphatic rings. The molecule has 0 aromatic heterocycles. The van der Waals surface area contributed by atoms with Crippen LogP contribution in [0.15, 0.2) is 4.99 Å². The van der Waals surface area contributed by atoms with Gasteiger partial charge in [0.25, 0.3) is 0 Å². The number of aliphatic imine (C=N–C) groups is 1. The first kappa shape index (κ1) is 8.72. The van der Waals surface area contributed by atoms with Gasteiger partial charge in [-0.2, -0.15) is 0 Å². The SMILES string of the molecule is CCCN=C[C@H]1O[C@@H]1C(C)C. The Hall–Kier alpha value is -0.370. The molecule has 2 heteroatoms. The second-order valence-corrected chi connectivity index (χ2v) is 3.36. The van der Waals surface area contributed by atoms with Gasteiger partial charge in [0, 0.05) is 12.8 Å². The number of ether oxygens (including phenoxy) is 1. The van der Waals surface area contributed by atoms with Gasteiger partial charge in [0.15, 0.2) is 0 Å². The van der Waals surface area contributed by atoms with E-state index in [1.54, 1.807) is 0 Å². The molecule has 0 spiro atoms. The Morgan fingerprint density at radius 1 is 1.55 bits per heavy atom. The zero-order valence-electron chi connectivity index (χ0n) is 7.58. The first-order valence-electron chi connectivity index (χ1n) is 4.41. The van der Waals surface area contributed by atoms with Crippen molar-refractivity contribution in [2.24, 2.45) is 10.9 Å². The lowest BCUT2D eigenvalue weighted by Gasteiger charge is -1.93. The summed E-state index contributed by atoms with van der Waals surface area (Å²) in [6, 6.07) is 0. The van der Waals surface area contributed by atoms with E-state index in [0.29, 0.717) is 18.1 Å². The van der Waals surface area contributed by atoms with Gasteiger partial charge in [-0.05, 0) is 12.3 Å². The predicted octanol–water partition coefficient (Wildman–Crippen LogP) is 1.89. The Bertz CT molecular complexity index is 142. The molecular weight excluding hydrogens is 138 g/mol. The third-order valence-corrected chi connectivity index (χ3v) is 1.82. The third kappa shape index (κ3) is 2.62. The monoisotopic (exact) mass is 155 g/mol. The standard InChI is InChI=1S/C9H17NO/c1-4-5-10-6-8-9(11-8)7(2)3/h6-9H,4-5H2,1-3H3/t8-,9-/m1/s1. The summed E-state index contributed by atoms with van der Waals surface area (Å²) in [7, 11) is 0. The molecule has 1 fully saturated rings. The average molecular weight is 155 g/mol. The first-order valence-corrected chi connectivity index (χ1v) is 4.41. The summed E-state index contributed by atoms with van der Waals surface area (Å²) in [5, 5.41) is 0. The van der Waals surface area contributed by atoms with Crippen molar-refractivity contribution < 1.29 is 4.74 Å². The summed E-state index contributed by atoms with van der Waals surface area (Å²) in [5.41, 5.74) is 0. The van der Waals surface area contributed by atoms with E-state index in [1.807, 2.05) is 6.21 Å². The molecule has 0 amide bonds. The molecule has 64 valence electrons. The van der Waals surface area contributed by atoms with Gasteiger partial charge < -0.3 is 4.74 Å². The van der Waals surface area contributed by atoms with E-state index in [1.165, 1.54) is 0 Å². The van der Waals surface area contributed by atoms with E-state index in [9.17, 15) is 0 Å². The first-order chi connectivity index (χ1) is 5.25. The quantitative estimate of drug-likeness (QED) is 0.449. The average Bonchev–Trinajstić information content (AvgIpc) is 2.68. The van der Waals surface area contributed by atoms with E-state index >= 15 is 0 Å². The lowest BCUT2D eigenvalue weighted by molar-refractivity contribution is 0.349. The number of nitrogens with zero attached hydrogens (tertiary/aromatic N) is 1. The van der Waals surface area contributed by atoms with Crippen LogP contribution < -0.4 is 0 Å². The zero-order chi connectivity index (χ0) is 8.27. The Kier molecular flexibility index (Phi) is 3.06. The van der Waals surface area contributed by atoms with E-state index in [2.05, 4.69) is 25.8 Å². The van der Waals surface area contributed by atoms with Crippen LogP contribution in [0.5, 0.6) is 0 Å². The molecule has 0 aliphatic carbocycles. The number of rotatable bonds is 4. The molecule has 1 saturated heterocycles. The highest BCUT2D eigenvalue weighted by Gasteiger charge is 2.39. The van der Waals surface area contributed by atoms with Gasteiger partial charge in [-0.1, -0.05) is 20.8 Å². The fraction of sp³-hybridized carbons (Fsp3) is 0.889. The molecular formula is C9H17NO. The Balaban J connectivity index is 2.12. The summed E-state index contributed by atoms with van der Waals surface area (Å²) in [6.45, 7) is 7.42. The molecule has 2 atom stereocenters. The largest absolute Gasteiger partial charge is 0.363 e. The molecule has 1 aliphatic heterocycles. The van der Waals surface area contributed by atoms with Crippen LogP contribution in [0.25, 0.3) is 0 Å². The Morgan fingerprint density at radius 2 is 2.27 bits per heavy atom. The summed E-state index contributed by atoms with van der Waals surface area (Å²) in [6.07, 6.45) is 3.83. The van der Waals surface area contributed by atoms with Crippen LogP contribution in [-0.2, 0) is 4.74 Å². The molecule has 0 aromatic rings. The minimum absolute atomic E-state index is 0.321. The zero-order valence-corrected chi connectivity index (χ0v) is 7.58. The van der Waals surface area contributed by atoms with Gasteiger partial charge in [0.1, 0.15) is 6.10 Å². The molecule has 0 radical (unpaired) electrons. The highest BCUT2D eigenvalue weighted by Crippen LogP contribution is 2.27. The third-order valence-electron chi connectivity index (χ3n) is 1.82. The number of epoxide rings is 1. The molecule has 0 unspecified atom stereocenters. The molecule has 1 rings (SSSR count). The van der Waals surface area contributed by atoms with Crippen molar-refractivity contribution in [3.8, 4) is 0 Å². The summed E-state index contributed by atoms with van der Waals surface area (Å²) in [5.74, 6) is 0.632. The molecule has 2 nitrogen and oxygen atoms in total. The van der Waals surface area contributed by atoms with Crippen LogP contribution in [0.1, 0.15) is 27.2 Å². The lowest BCUT2D eigenvalue weighted by atomic mass is 10.1. The summed E-state index contributed by atoms with van der Waals surface area (Å²) >= 11 is 0. The highest BCUT2D eigenvalue weighted by atomic mass is 16.6. The van der Waals surface area contributed by atoms with Crippen LogP contribution in [0.4, 0.5) is 0 Å². The fourth-order valence-electron chi connectivity index (χ4n) is 1.10. The van der Waals surface area contributed by atoms with E-state index in [0.717, 1.165) is 13.0 Å². The fourth-order valence-corrected chi connectivity index (χ4v) is 1.10. The van der Waals surface area contributed by atoms with Crippen LogP contribution in [0.3, 0.4) is 0 Å². The van der Waals surface area contributed by atoms with Gasteiger partial charge in [0.05, 0.1) is 6.10 Å². The molecule has 1 heterocycles. The normalized spacial score (nSPS) is 30.2. The van der Waals surface area contributed by atoms with Crippen molar-refractivity contribution in [1.29, 1.82) is 0 Å². The molecule has 0 N–H and O–H groups in total. The van der Waals surface area contributed by atoms with E-state index < -0.39 is 0 Å². The smallest absolute Gasteiger partial charge is 0.119 e. The van der Waals surface area contributed by atoms with Crippen molar-refractivity contribution in [3.05, 3.63) is 0 Å². The van der Waals surface area contributed by atoms with Crippen LogP contribution in [-0.4, -0.2) is 25.0 Å². The summed E-state index contributed by atoms with van der Waals surface area (Å²) in [4.78, 5) is 4.23. The van der Waals surface area contributed by atoms with Crippen LogP contribution >= 0.6 is 0 Å². The topological polar surface area (TPSA) is 24.9 Å².